The van der Waals surface area contributed by atoms with Gasteiger partial charge in [0.25, 0.3) is 0 Å². The molecule has 1 saturated carbocycles. The van der Waals surface area contributed by atoms with Crippen molar-refractivity contribution < 1.29 is 4.79 Å². The van der Waals surface area contributed by atoms with Crippen LogP contribution in [0.2, 0.25) is 0 Å². The zero-order valence-corrected chi connectivity index (χ0v) is 14.1. The topological polar surface area (TPSA) is 41.1 Å². The molecule has 0 radical (unpaired) electrons. The van der Waals surface area contributed by atoms with Gasteiger partial charge >= 0.3 is 0 Å². The third-order valence-electron chi connectivity index (χ3n) is 5.17. The average molecular weight is 282 g/mol. The molecule has 118 valence electrons. The van der Waals surface area contributed by atoms with E-state index in [2.05, 4.69) is 38.3 Å². The van der Waals surface area contributed by atoms with Gasteiger partial charge in [0.2, 0.25) is 5.91 Å². The Bertz CT molecular complexity index is 293. The SMILES string of the molecule is CCCNC(=O)C(C)NC1CCC(C(C)(C)CC)CC1. The summed E-state index contributed by atoms with van der Waals surface area (Å²) in [5.41, 5.74) is 0.467. The molecule has 1 aliphatic carbocycles. The van der Waals surface area contributed by atoms with Gasteiger partial charge in [0, 0.05) is 12.6 Å². The van der Waals surface area contributed by atoms with Gasteiger partial charge in [0.15, 0.2) is 0 Å². The Labute approximate surface area is 125 Å². The normalized spacial score (nSPS) is 25.2. The predicted molar refractivity (Wildman–Crippen MR) is 85.7 cm³/mol. The molecule has 1 rings (SSSR count). The van der Waals surface area contributed by atoms with E-state index in [1.54, 1.807) is 0 Å². The van der Waals surface area contributed by atoms with E-state index in [1.165, 1.54) is 32.1 Å². The molecule has 0 saturated heterocycles. The van der Waals surface area contributed by atoms with Crippen LogP contribution < -0.4 is 10.6 Å². The molecule has 3 heteroatoms. The third-order valence-corrected chi connectivity index (χ3v) is 5.17. The second-order valence-electron chi connectivity index (χ2n) is 7.07. The maximum atomic E-state index is 11.9. The van der Waals surface area contributed by atoms with Crippen molar-refractivity contribution in [3.05, 3.63) is 0 Å². The molecule has 0 aromatic carbocycles. The molecular formula is C17H34N2O. The van der Waals surface area contributed by atoms with Crippen LogP contribution in [0.15, 0.2) is 0 Å². The van der Waals surface area contributed by atoms with Crippen molar-refractivity contribution in [2.24, 2.45) is 11.3 Å². The van der Waals surface area contributed by atoms with Crippen molar-refractivity contribution in [1.82, 2.24) is 10.6 Å². The van der Waals surface area contributed by atoms with Crippen molar-refractivity contribution in [2.45, 2.75) is 85.2 Å². The van der Waals surface area contributed by atoms with Crippen LogP contribution in [-0.4, -0.2) is 24.5 Å². The van der Waals surface area contributed by atoms with E-state index >= 15 is 0 Å². The summed E-state index contributed by atoms with van der Waals surface area (Å²) in [5, 5.41) is 6.47. The highest BCUT2D eigenvalue weighted by Crippen LogP contribution is 2.40. The number of amides is 1. The Balaban J connectivity index is 2.33. The second-order valence-corrected chi connectivity index (χ2v) is 7.07. The maximum absolute atomic E-state index is 11.9. The van der Waals surface area contributed by atoms with E-state index in [4.69, 9.17) is 0 Å². The molecule has 2 N–H and O–H groups in total. The number of rotatable bonds is 7. The fourth-order valence-corrected chi connectivity index (χ4v) is 3.16. The molecule has 0 spiro atoms. The first-order chi connectivity index (χ1) is 9.40. The molecule has 0 aromatic heterocycles. The lowest BCUT2D eigenvalue weighted by Gasteiger charge is -2.39. The summed E-state index contributed by atoms with van der Waals surface area (Å²) in [6.07, 6.45) is 7.25. The quantitative estimate of drug-likeness (QED) is 0.750. The minimum Gasteiger partial charge on any atom is -0.355 e. The van der Waals surface area contributed by atoms with E-state index in [-0.39, 0.29) is 11.9 Å². The number of hydrogen-bond donors (Lipinski definition) is 2. The minimum atomic E-state index is -0.0673. The first kappa shape index (κ1) is 17.5. The lowest BCUT2D eigenvalue weighted by molar-refractivity contribution is -0.123. The molecule has 20 heavy (non-hydrogen) atoms. The second kappa shape index (κ2) is 8.02. The first-order valence-electron chi connectivity index (χ1n) is 8.44. The summed E-state index contributed by atoms with van der Waals surface area (Å²) < 4.78 is 0. The van der Waals surface area contributed by atoms with Crippen LogP contribution in [0.1, 0.15) is 73.1 Å². The van der Waals surface area contributed by atoms with Crippen molar-refractivity contribution in [3.63, 3.8) is 0 Å². The van der Waals surface area contributed by atoms with E-state index in [0.29, 0.717) is 11.5 Å². The first-order valence-corrected chi connectivity index (χ1v) is 8.44. The summed E-state index contributed by atoms with van der Waals surface area (Å²) in [6.45, 7) is 11.9. The van der Waals surface area contributed by atoms with Crippen LogP contribution >= 0.6 is 0 Å². The van der Waals surface area contributed by atoms with E-state index < -0.39 is 0 Å². The summed E-state index contributed by atoms with van der Waals surface area (Å²) >= 11 is 0. The van der Waals surface area contributed by atoms with E-state index in [9.17, 15) is 4.79 Å². The molecule has 1 aliphatic rings. The third kappa shape index (κ3) is 5.08. The number of hydrogen-bond acceptors (Lipinski definition) is 2. The highest BCUT2D eigenvalue weighted by Gasteiger charge is 2.32. The molecular weight excluding hydrogens is 248 g/mol. The molecule has 1 fully saturated rings. The number of carbonyl (C=O) groups is 1. The molecule has 0 heterocycles. The zero-order chi connectivity index (χ0) is 15.2. The molecule has 1 atom stereocenters. The van der Waals surface area contributed by atoms with Gasteiger partial charge in [-0.3, -0.25) is 4.79 Å². The van der Waals surface area contributed by atoms with Gasteiger partial charge in [0.05, 0.1) is 6.04 Å². The number of nitrogens with one attached hydrogen (secondary N) is 2. The zero-order valence-electron chi connectivity index (χ0n) is 14.1. The summed E-state index contributed by atoms with van der Waals surface area (Å²) in [5.74, 6) is 0.984. The van der Waals surface area contributed by atoms with Gasteiger partial charge < -0.3 is 10.6 Å². The Morgan fingerprint density at radius 1 is 1.20 bits per heavy atom. The lowest BCUT2D eigenvalue weighted by Crippen LogP contribution is -2.48. The Morgan fingerprint density at radius 2 is 1.80 bits per heavy atom. The molecule has 1 amide bonds. The smallest absolute Gasteiger partial charge is 0.236 e. The fraction of sp³-hybridized carbons (Fsp3) is 0.941. The lowest BCUT2D eigenvalue weighted by atomic mass is 9.69. The standard InChI is InChI=1S/C17H34N2O/c1-6-12-18-16(20)13(3)19-15-10-8-14(9-11-15)17(4,5)7-2/h13-15,19H,6-12H2,1-5H3,(H,18,20). The Morgan fingerprint density at radius 3 is 2.30 bits per heavy atom. The average Bonchev–Trinajstić information content (AvgIpc) is 2.45. The highest BCUT2D eigenvalue weighted by atomic mass is 16.2. The van der Waals surface area contributed by atoms with E-state index in [1.807, 2.05) is 6.92 Å². The van der Waals surface area contributed by atoms with Crippen molar-refractivity contribution in [2.75, 3.05) is 6.54 Å². The number of carbonyl (C=O) groups excluding carboxylic acids is 1. The molecule has 0 bridgehead atoms. The Kier molecular flexibility index (Phi) is 7.01. The van der Waals surface area contributed by atoms with Gasteiger partial charge in [-0.2, -0.15) is 0 Å². The summed E-state index contributed by atoms with van der Waals surface area (Å²) in [7, 11) is 0. The largest absolute Gasteiger partial charge is 0.355 e. The van der Waals surface area contributed by atoms with Crippen LogP contribution in [0.25, 0.3) is 0 Å². The van der Waals surface area contributed by atoms with Crippen LogP contribution in [-0.2, 0) is 4.79 Å². The molecule has 1 unspecified atom stereocenters. The van der Waals surface area contributed by atoms with Crippen molar-refractivity contribution in [1.29, 1.82) is 0 Å². The van der Waals surface area contributed by atoms with E-state index in [0.717, 1.165) is 18.9 Å². The minimum absolute atomic E-state index is 0.0673. The van der Waals surface area contributed by atoms with Crippen LogP contribution in [0, 0.1) is 11.3 Å². The fourth-order valence-electron chi connectivity index (χ4n) is 3.16. The van der Waals surface area contributed by atoms with Gasteiger partial charge in [-0.25, -0.2) is 0 Å². The van der Waals surface area contributed by atoms with Crippen molar-refractivity contribution >= 4 is 5.91 Å². The van der Waals surface area contributed by atoms with Crippen LogP contribution in [0.5, 0.6) is 0 Å². The maximum Gasteiger partial charge on any atom is 0.236 e. The van der Waals surface area contributed by atoms with Gasteiger partial charge in [-0.05, 0) is 50.4 Å². The predicted octanol–water partition coefficient (Wildman–Crippen LogP) is 3.49. The molecule has 0 aromatic rings. The molecule has 3 nitrogen and oxygen atoms in total. The summed E-state index contributed by atoms with van der Waals surface area (Å²) in [4.78, 5) is 11.9. The van der Waals surface area contributed by atoms with Gasteiger partial charge in [-0.1, -0.05) is 34.1 Å². The van der Waals surface area contributed by atoms with Crippen LogP contribution in [0.4, 0.5) is 0 Å². The van der Waals surface area contributed by atoms with Gasteiger partial charge in [-0.15, -0.1) is 0 Å². The molecule has 0 aliphatic heterocycles. The summed E-state index contributed by atoms with van der Waals surface area (Å²) in [6, 6.07) is 0.448. The monoisotopic (exact) mass is 282 g/mol. The Hall–Kier alpha value is -0.570. The van der Waals surface area contributed by atoms with Crippen molar-refractivity contribution in [3.8, 4) is 0 Å². The highest BCUT2D eigenvalue weighted by molar-refractivity contribution is 5.81. The van der Waals surface area contributed by atoms with Crippen LogP contribution in [0.3, 0.4) is 0 Å². The van der Waals surface area contributed by atoms with Gasteiger partial charge in [0.1, 0.15) is 0 Å².